The second kappa shape index (κ2) is 5.64. The third-order valence-electron chi connectivity index (χ3n) is 4.39. The maximum atomic E-state index is 11.8. The molecule has 1 saturated heterocycles. The topological polar surface area (TPSA) is 76.7 Å². The number of aromatic nitrogens is 2. The highest BCUT2D eigenvalue weighted by molar-refractivity contribution is 5.82. The maximum absolute atomic E-state index is 11.8. The minimum Gasteiger partial charge on any atom is -0.486 e. The van der Waals surface area contributed by atoms with Crippen molar-refractivity contribution < 1.29 is 19.0 Å². The first-order chi connectivity index (χ1) is 11.2. The van der Waals surface area contributed by atoms with Crippen LogP contribution in [0.25, 0.3) is 11.0 Å². The van der Waals surface area contributed by atoms with Crippen molar-refractivity contribution in [1.82, 2.24) is 9.97 Å². The average Bonchev–Trinajstić information content (AvgIpc) is 3.02. The summed E-state index contributed by atoms with van der Waals surface area (Å²) in [6.45, 7) is 2.62. The van der Waals surface area contributed by atoms with E-state index in [0.29, 0.717) is 19.8 Å². The zero-order valence-corrected chi connectivity index (χ0v) is 13.0. The van der Waals surface area contributed by atoms with Gasteiger partial charge in [0.2, 0.25) is 5.95 Å². The number of hydrogen-bond acceptors (Lipinski definition) is 6. The monoisotopic (exact) mass is 317 g/mol. The standard InChI is InChI=1S/C16H19N3O4/c1-21-15(20)10-3-2-4-19(9-10)16-17-11-7-13-14(8-12(11)18-16)23-6-5-22-13/h7-8,10H,2-6,9H2,1H3,(H,17,18). The van der Waals surface area contributed by atoms with Crippen LogP contribution in [0, 0.1) is 5.92 Å². The van der Waals surface area contributed by atoms with Gasteiger partial charge in [0.15, 0.2) is 11.5 Å². The van der Waals surface area contributed by atoms with Gasteiger partial charge in [-0.1, -0.05) is 0 Å². The molecule has 1 atom stereocenters. The van der Waals surface area contributed by atoms with Crippen LogP contribution in [0.1, 0.15) is 12.8 Å². The number of carbonyl (C=O) groups is 1. The summed E-state index contributed by atoms with van der Waals surface area (Å²) < 4.78 is 16.1. The molecule has 7 nitrogen and oxygen atoms in total. The quantitative estimate of drug-likeness (QED) is 0.850. The number of anilines is 1. The van der Waals surface area contributed by atoms with E-state index in [4.69, 9.17) is 14.2 Å². The number of imidazole rings is 1. The van der Waals surface area contributed by atoms with Crippen molar-refractivity contribution in [3.05, 3.63) is 12.1 Å². The van der Waals surface area contributed by atoms with Crippen molar-refractivity contribution in [2.75, 3.05) is 38.3 Å². The highest BCUT2D eigenvalue weighted by Crippen LogP contribution is 2.35. The number of aromatic amines is 1. The summed E-state index contributed by atoms with van der Waals surface area (Å²) >= 11 is 0. The number of rotatable bonds is 2. The molecule has 0 radical (unpaired) electrons. The van der Waals surface area contributed by atoms with Gasteiger partial charge in [-0.3, -0.25) is 4.79 Å². The summed E-state index contributed by atoms with van der Waals surface area (Å²) in [5, 5.41) is 0. The Bertz CT molecular complexity index is 699. The number of fused-ring (bicyclic) bond motifs is 2. The van der Waals surface area contributed by atoms with Gasteiger partial charge in [-0.2, -0.15) is 0 Å². The lowest BCUT2D eigenvalue weighted by atomic mass is 9.98. The van der Waals surface area contributed by atoms with Gasteiger partial charge in [-0.15, -0.1) is 0 Å². The fourth-order valence-corrected chi connectivity index (χ4v) is 3.21. The Labute approximate surface area is 133 Å². The number of hydrogen-bond donors (Lipinski definition) is 1. The Morgan fingerprint density at radius 3 is 2.91 bits per heavy atom. The van der Waals surface area contributed by atoms with E-state index >= 15 is 0 Å². The average molecular weight is 317 g/mol. The number of methoxy groups -OCH3 is 1. The smallest absolute Gasteiger partial charge is 0.310 e. The Morgan fingerprint density at radius 2 is 2.13 bits per heavy atom. The van der Waals surface area contributed by atoms with Crippen molar-refractivity contribution in [3.8, 4) is 11.5 Å². The molecule has 1 aromatic carbocycles. The van der Waals surface area contributed by atoms with Crippen LogP contribution >= 0.6 is 0 Å². The Hall–Kier alpha value is -2.44. The van der Waals surface area contributed by atoms with E-state index in [9.17, 15) is 4.79 Å². The van der Waals surface area contributed by atoms with Crippen molar-refractivity contribution >= 4 is 23.0 Å². The molecule has 1 aromatic heterocycles. The van der Waals surface area contributed by atoms with Gasteiger partial charge in [-0.05, 0) is 12.8 Å². The Kier molecular flexibility index (Phi) is 3.48. The van der Waals surface area contributed by atoms with Crippen LogP contribution in [0.2, 0.25) is 0 Å². The molecule has 1 unspecified atom stereocenters. The highest BCUT2D eigenvalue weighted by atomic mass is 16.6. The molecule has 2 aliphatic heterocycles. The van der Waals surface area contributed by atoms with Crippen molar-refractivity contribution in [3.63, 3.8) is 0 Å². The molecule has 0 bridgehead atoms. The molecule has 4 rings (SSSR count). The molecule has 7 heteroatoms. The number of H-pyrrole nitrogens is 1. The lowest BCUT2D eigenvalue weighted by molar-refractivity contribution is -0.145. The molecule has 1 N–H and O–H groups in total. The van der Waals surface area contributed by atoms with Gasteiger partial charge in [0, 0.05) is 25.2 Å². The van der Waals surface area contributed by atoms with Crippen LogP contribution < -0.4 is 14.4 Å². The lowest BCUT2D eigenvalue weighted by Crippen LogP contribution is -2.39. The first kappa shape index (κ1) is 14.2. The van der Waals surface area contributed by atoms with E-state index in [2.05, 4.69) is 14.9 Å². The van der Waals surface area contributed by atoms with Crippen molar-refractivity contribution in [2.45, 2.75) is 12.8 Å². The Balaban J connectivity index is 1.62. The van der Waals surface area contributed by atoms with E-state index < -0.39 is 0 Å². The number of esters is 1. The number of nitrogens with zero attached hydrogens (tertiary/aromatic N) is 2. The van der Waals surface area contributed by atoms with Crippen LogP contribution in [0.15, 0.2) is 12.1 Å². The number of benzene rings is 1. The van der Waals surface area contributed by atoms with Gasteiger partial charge in [0.1, 0.15) is 13.2 Å². The van der Waals surface area contributed by atoms with Crippen LogP contribution in [-0.2, 0) is 9.53 Å². The summed E-state index contributed by atoms with van der Waals surface area (Å²) in [4.78, 5) is 21.8. The van der Waals surface area contributed by atoms with E-state index in [1.165, 1.54) is 7.11 Å². The minimum absolute atomic E-state index is 0.0955. The Morgan fingerprint density at radius 1 is 1.35 bits per heavy atom. The molecule has 0 saturated carbocycles. The second-order valence-electron chi connectivity index (χ2n) is 5.88. The molecule has 1 fully saturated rings. The summed E-state index contributed by atoms with van der Waals surface area (Å²) in [6.07, 6.45) is 1.80. The molecule has 2 aromatic rings. The predicted octanol–water partition coefficient (Wildman–Crippen LogP) is 1.72. The van der Waals surface area contributed by atoms with Gasteiger partial charge >= 0.3 is 5.97 Å². The first-order valence-electron chi connectivity index (χ1n) is 7.87. The number of piperidine rings is 1. The maximum Gasteiger partial charge on any atom is 0.310 e. The van der Waals surface area contributed by atoms with Crippen LogP contribution in [-0.4, -0.2) is 49.4 Å². The zero-order valence-electron chi connectivity index (χ0n) is 13.0. The molecule has 122 valence electrons. The normalized spacial score (nSPS) is 20.6. The molecule has 0 amide bonds. The summed E-state index contributed by atoms with van der Waals surface area (Å²) in [5.74, 6) is 2.00. The number of carbonyl (C=O) groups excluding carboxylic acids is 1. The van der Waals surface area contributed by atoms with E-state index in [-0.39, 0.29) is 11.9 Å². The first-order valence-corrected chi connectivity index (χ1v) is 7.87. The largest absolute Gasteiger partial charge is 0.486 e. The SMILES string of the molecule is COC(=O)C1CCCN(c2nc3cc4c(cc3[nH]2)OCCO4)C1. The van der Waals surface area contributed by atoms with E-state index in [0.717, 1.165) is 47.9 Å². The van der Waals surface area contributed by atoms with Crippen molar-refractivity contribution in [2.24, 2.45) is 5.92 Å². The number of nitrogens with one attached hydrogen (secondary N) is 1. The van der Waals surface area contributed by atoms with Gasteiger partial charge in [0.05, 0.1) is 24.1 Å². The van der Waals surface area contributed by atoms with Gasteiger partial charge < -0.3 is 24.1 Å². The predicted molar refractivity (Wildman–Crippen MR) is 84.0 cm³/mol. The fourth-order valence-electron chi connectivity index (χ4n) is 3.21. The molecule has 23 heavy (non-hydrogen) atoms. The number of ether oxygens (including phenoxy) is 3. The molecular weight excluding hydrogens is 298 g/mol. The molecule has 3 heterocycles. The molecule has 2 aliphatic rings. The van der Waals surface area contributed by atoms with Gasteiger partial charge in [0.25, 0.3) is 0 Å². The van der Waals surface area contributed by atoms with Crippen LogP contribution in [0.4, 0.5) is 5.95 Å². The molecular formula is C16H19N3O4. The van der Waals surface area contributed by atoms with Crippen LogP contribution in [0.3, 0.4) is 0 Å². The van der Waals surface area contributed by atoms with E-state index in [1.54, 1.807) is 0 Å². The highest BCUT2D eigenvalue weighted by Gasteiger charge is 2.28. The molecule has 0 aliphatic carbocycles. The van der Waals surface area contributed by atoms with Gasteiger partial charge in [-0.25, -0.2) is 4.98 Å². The van der Waals surface area contributed by atoms with Crippen LogP contribution in [0.5, 0.6) is 11.5 Å². The minimum atomic E-state index is -0.150. The third-order valence-corrected chi connectivity index (χ3v) is 4.39. The molecule has 0 spiro atoms. The summed E-state index contributed by atoms with van der Waals surface area (Å²) in [6, 6.07) is 3.81. The lowest BCUT2D eigenvalue weighted by Gasteiger charge is -2.30. The summed E-state index contributed by atoms with van der Waals surface area (Å²) in [7, 11) is 1.44. The fraction of sp³-hybridized carbons (Fsp3) is 0.500. The third kappa shape index (κ3) is 2.56. The van der Waals surface area contributed by atoms with E-state index in [1.807, 2.05) is 12.1 Å². The second-order valence-corrected chi connectivity index (χ2v) is 5.88. The zero-order chi connectivity index (χ0) is 15.8. The summed E-state index contributed by atoms with van der Waals surface area (Å²) in [5.41, 5.74) is 1.74. The van der Waals surface area contributed by atoms with Crippen molar-refractivity contribution in [1.29, 1.82) is 0 Å².